The molecule has 8 nitrogen and oxygen atoms in total. The molecule has 108 valence electrons. The van der Waals surface area contributed by atoms with Gasteiger partial charge in [0.1, 0.15) is 0 Å². The summed E-state index contributed by atoms with van der Waals surface area (Å²) in [5.74, 6) is -2.01. The third-order valence-corrected chi connectivity index (χ3v) is 2.41. The molecule has 0 aliphatic rings. The van der Waals surface area contributed by atoms with E-state index < -0.39 is 28.4 Å². The highest BCUT2D eigenvalue weighted by Crippen LogP contribution is 2.20. The first kappa shape index (κ1) is 15.3. The third kappa shape index (κ3) is 4.19. The number of nitro groups is 1. The number of carbonyl (C=O) groups is 2. The fourth-order valence-electron chi connectivity index (χ4n) is 1.29. The molecule has 0 heterocycles. The number of aliphatic carboxylic acids is 1. The zero-order chi connectivity index (χ0) is 15.3. The minimum absolute atomic E-state index is 0.0459. The van der Waals surface area contributed by atoms with Crippen molar-refractivity contribution in [3.8, 4) is 0 Å². The smallest absolute Gasteiger partial charge is 0.321 e. The Morgan fingerprint density at radius 3 is 2.65 bits per heavy atom. The van der Waals surface area contributed by atoms with Crippen LogP contribution in [0.3, 0.4) is 0 Å². The van der Waals surface area contributed by atoms with Gasteiger partial charge in [-0.3, -0.25) is 14.9 Å². The number of carboxylic acids is 1. The Hall–Kier alpha value is -2.71. The Morgan fingerprint density at radius 2 is 2.15 bits per heavy atom. The van der Waals surface area contributed by atoms with Gasteiger partial charge in [-0.2, -0.15) is 0 Å². The van der Waals surface area contributed by atoms with Crippen molar-refractivity contribution < 1.29 is 24.0 Å². The number of nitrogens with one attached hydrogen (secondary N) is 1. The van der Waals surface area contributed by atoms with Crippen LogP contribution in [-0.2, 0) is 4.79 Å². The van der Waals surface area contributed by atoms with Crippen molar-refractivity contribution in [2.75, 3.05) is 18.9 Å². The van der Waals surface area contributed by atoms with Gasteiger partial charge in [-0.05, 0) is 6.07 Å². The summed E-state index contributed by atoms with van der Waals surface area (Å²) in [4.78, 5) is 32.7. The van der Waals surface area contributed by atoms with Crippen LogP contribution in [0, 0.1) is 15.9 Å². The van der Waals surface area contributed by atoms with Crippen molar-refractivity contribution in [3.05, 3.63) is 34.1 Å². The van der Waals surface area contributed by atoms with Crippen molar-refractivity contribution in [2.45, 2.75) is 6.42 Å². The molecular formula is C11H12FN3O5. The van der Waals surface area contributed by atoms with Crippen LogP contribution in [0.2, 0.25) is 0 Å². The third-order valence-electron chi connectivity index (χ3n) is 2.41. The van der Waals surface area contributed by atoms with Crippen LogP contribution in [0.5, 0.6) is 0 Å². The quantitative estimate of drug-likeness (QED) is 0.631. The van der Waals surface area contributed by atoms with E-state index in [0.717, 1.165) is 17.0 Å². The Balaban J connectivity index is 2.70. The summed E-state index contributed by atoms with van der Waals surface area (Å²) in [6.07, 6.45) is -0.243. The first-order valence-corrected chi connectivity index (χ1v) is 5.49. The maximum atomic E-state index is 13.5. The van der Waals surface area contributed by atoms with Gasteiger partial charge in [-0.1, -0.05) is 0 Å². The second-order valence-corrected chi connectivity index (χ2v) is 3.92. The maximum Gasteiger partial charge on any atom is 0.321 e. The van der Waals surface area contributed by atoms with E-state index in [0.29, 0.717) is 6.07 Å². The summed E-state index contributed by atoms with van der Waals surface area (Å²) >= 11 is 0. The predicted octanol–water partition coefficient (Wildman–Crippen LogP) is 1.67. The normalized spacial score (nSPS) is 9.90. The number of benzene rings is 1. The number of non-ortho nitro benzene ring substituents is 1. The number of urea groups is 1. The molecule has 2 N–H and O–H groups in total. The van der Waals surface area contributed by atoms with Gasteiger partial charge in [0.05, 0.1) is 23.1 Å². The minimum atomic E-state index is -1.06. The minimum Gasteiger partial charge on any atom is -0.481 e. The number of nitro benzene ring substituents is 1. The SMILES string of the molecule is CN(CCC(=O)O)C(=O)Nc1ccc([N+](=O)[O-])cc1F. The average molecular weight is 285 g/mol. The first-order chi connectivity index (χ1) is 9.31. The zero-order valence-electron chi connectivity index (χ0n) is 10.5. The number of carbonyl (C=O) groups excluding carboxylic acids is 1. The summed E-state index contributed by atoms with van der Waals surface area (Å²) < 4.78 is 13.5. The van der Waals surface area contributed by atoms with Crippen LogP contribution in [0.25, 0.3) is 0 Å². The number of nitrogens with zero attached hydrogens (tertiary/aromatic N) is 2. The molecule has 2 amide bonds. The van der Waals surface area contributed by atoms with E-state index >= 15 is 0 Å². The van der Waals surface area contributed by atoms with Crippen LogP contribution >= 0.6 is 0 Å². The lowest BCUT2D eigenvalue weighted by molar-refractivity contribution is -0.385. The molecule has 0 spiro atoms. The lowest BCUT2D eigenvalue weighted by atomic mass is 10.2. The molecule has 0 fully saturated rings. The molecule has 1 aromatic rings. The highest BCUT2D eigenvalue weighted by atomic mass is 19.1. The predicted molar refractivity (Wildman–Crippen MR) is 67.0 cm³/mol. The summed E-state index contributed by atoms with van der Waals surface area (Å²) in [5.41, 5.74) is -0.650. The van der Waals surface area contributed by atoms with Crippen LogP contribution in [0.1, 0.15) is 6.42 Å². The lowest BCUT2D eigenvalue weighted by Gasteiger charge is -2.17. The van der Waals surface area contributed by atoms with Crippen molar-refractivity contribution in [1.82, 2.24) is 4.90 Å². The van der Waals surface area contributed by atoms with Gasteiger partial charge >= 0.3 is 12.0 Å². The van der Waals surface area contributed by atoms with E-state index in [1.165, 1.54) is 7.05 Å². The molecule has 0 aromatic heterocycles. The fraction of sp³-hybridized carbons (Fsp3) is 0.273. The summed E-state index contributed by atoms with van der Waals surface area (Å²) in [6, 6.07) is 2.10. The summed E-state index contributed by atoms with van der Waals surface area (Å²) in [7, 11) is 1.35. The molecule has 0 saturated heterocycles. The molecule has 0 bridgehead atoms. The molecule has 0 radical (unpaired) electrons. The van der Waals surface area contributed by atoms with Gasteiger partial charge in [0, 0.05) is 19.7 Å². The van der Waals surface area contributed by atoms with Crippen molar-refractivity contribution in [2.24, 2.45) is 0 Å². The lowest BCUT2D eigenvalue weighted by Crippen LogP contribution is -2.33. The average Bonchev–Trinajstić information content (AvgIpc) is 2.37. The Bertz CT molecular complexity index is 549. The standard InChI is InChI=1S/C11H12FN3O5/c1-14(5-4-10(16)17)11(18)13-9-3-2-7(15(19)20)6-8(9)12/h2-3,6H,4-5H2,1H3,(H,13,18)(H,16,17). The van der Waals surface area contributed by atoms with Crippen LogP contribution in [0.15, 0.2) is 18.2 Å². The number of rotatable bonds is 5. The number of amides is 2. The Kier molecular flexibility index (Phi) is 4.95. The van der Waals surface area contributed by atoms with E-state index in [1.807, 2.05) is 0 Å². The van der Waals surface area contributed by atoms with Gasteiger partial charge < -0.3 is 15.3 Å². The largest absolute Gasteiger partial charge is 0.481 e. The van der Waals surface area contributed by atoms with Crippen LogP contribution < -0.4 is 5.32 Å². The molecule has 0 aliphatic heterocycles. The summed E-state index contributed by atoms with van der Waals surface area (Å²) in [6.45, 7) is -0.0459. The second kappa shape index (κ2) is 6.45. The highest BCUT2D eigenvalue weighted by molar-refractivity contribution is 5.89. The fourth-order valence-corrected chi connectivity index (χ4v) is 1.29. The molecule has 1 rings (SSSR count). The van der Waals surface area contributed by atoms with Gasteiger partial charge in [-0.25, -0.2) is 9.18 Å². The molecule has 9 heteroatoms. The molecule has 0 saturated carbocycles. The van der Waals surface area contributed by atoms with Crippen LogP contribution in [-0.4, -0.2) is 40.5 Å². The zero-order valence-corrected chi connectivity index (χ0v) is 10.5. The van der Waals surface area contributed by atoms with Crippen molar-refractivity contribution in [1.29, 1.82) is 0 Å². The van der Waals surface area contributed by atoms with Crippen LogP contribution in [0.4, 0.5) is 20.6 Å². The van der Waals surface area contributed by atoms with Gasteiger partial charge in [0.2, 0.25) is 0 Å². The molecule has 0 aliphatic carbocycles. The maximum absolute atomic E-state index is 13.5. The number of carboxylic acid groups (broad SMARTS) is 1. The van der Waals surface area contributed by atoms with Crippen molar-refractivity contribution in [3.63, 3.8) is 0 Å². The monoisotopic (exact) mass is 285 g/mol. The Labute approximate surface area is 113 Å². The Morgan fingerprint density at radius 1 is 1.50 bits per heavy atom. The topological polar surface area (TPSA) is 113 Å². The number of hydrogen-bond donors (Lipinski definition) is 2. The molecular weight excluding hydrogens is 273 g/mol. The number of halogens is 1. The second-order valence-electron chi connectivity index (χ2n) is 3.92. The first-order valence-electron chi connectivity index (χ1n) is 5.49. The van der Waals surface area contributed by atoms with Gasteiger partial charge in [0.15, 0.2) is 5.82 Å². The molecule has 0 unspecified atom stereocenters. The van der Waals surface area contributed by atoms with E-state index in [9.17, 15) is 24.1 Å². The molecule has 0 atom stereocenters. The van der Waals surface area contributed by atoms with E-state index in [1.54, 1.807) is 0 Å². The van der Waals surface area contributed by atoms with E-state index in [4.69, 9.17) is 5.11 Å². The number of anilines is 1. The summed E-state index contributed by atoms with van der Waals surface area (Å²) in [5, 5.41) is 21.1. The van der Waals surface area contributed by atoms with E-state index in [-0.39, 0.29) is 18.7 Å². The highest BCUT2D eigenvalue weighted by Gasteiger charge is 2.15. The molecule has 20 heavy (non-hydrogen) atoms. The van der Waals surface area contributed by atoms with Gasteiger partial charge in [-0.15, -0.1) is 0 Å². The van der Waals surface area contributed by atoms with Crippen molar-refractivity contribution >= 4 is 23.4 Å². The van der Waals surface area contributed by atoms with E-state index in [2.05, 4.69) is 5.32 Å². The molecule has 1 aromatic carbocycles. The number of hydrogen-bond acceptors (Lipinski definition) is 4. The van der Waals surface area contributed by atoms with Gasteiger partial charge in [0.25, 0.3) is 5.69 Å².